The summed E-state index contributed by atoms with van der Waals surface area (Å²) in [4.78, 5) is 18.5. The lowest BCUT2D eigenvalue weighted by molar-refractivity contribution is -0.131. The lowest BCUT2D eigenvalue weighted by Crippen LogP contribution is -2.44. The van der Waals surface area contributed by atoms with Crippen LogP contribution in [0, 0.1) is 0 Å². The molecule has 1 aromatic rings. The number of nitrogens with two attached hydrogens (primary N) is 1. The Bertz CT molecular complexity index is 542. The number of carbonyl (C=O) groups is 1. The van der Waals surface area contributed by atoms with Gasteiger partial charge in [0.05, 0.1) is 18.0 Å². The van der Waals surface area contributed by atoms with E-state index in [9.17, 15) is 4.79 Å². The van der Waals surface area contributed by atoms with Crippen LogP contribution in [0.15, 0.2) is 18.2 Å². The summed E-state index contributed by atoms with van der Waals surface area (Å²) in [6, 6.07) is 6.13. The number of benzene rings is 1. The number of anilines is 2. The summed E-state index contributed by atoms with van der Waals surface area (Å²) < 4.78 is 0. The fourth-order valence-electron chi connectivity index (χ4n) is 3.08. The molecular weight excluding hydrogens is 304 g/mol. The van der Waals surface area contributed by atoms with Crippen molar-refractivity contribution in [1.29, 1.82) is 0 Å². The van der Waals surface area contributed by atoms with Crippen molar-refractivity contribution in [2.75, 3.05) is 63.6 Å². The fraction of sp³-hybridized carbons (Fsp3) is 0.611. The number of aliphatic hydroxyl groups is 1. The van der Waals surface area contributed by atoms with Gasteiger partial charge in [0.2, 0.25) is 5.91 Å². The Morgan fingerprint density at radius 2 is 2.00 bits per heavy atom. The number of hydrogen-bond donors (Lipinski definition) is 2. The van der Waals surface area contributed by atoms with Crippen LogP contribution in [0.4, 0.5) is 11.4 Å². The Morgan fingerprint density at radius 1 is 1.29 bits per heavy atom. The molecule has 0 bridgehead atoms. The van der Waals surface area contributed by atoms with Crippen LogP contribution in [0.25, 0.3) is 0 Å². The molecule has 0 unspecified atom stereocenters. The summed E-state index contributed by atoms with van der Waals surface area (Å²) in [6.45, 7) is 7.05. The van der Waals surface area contributed by atoms with E-state index in [-0.39, 0.29) is 12.5 Å². The number of hydrogen-bond acceptors (Lipinski definition) is 5. The lowest BCUT2D eigenvalue weighted by Gasteiger charge is -2.34. The first kappa shape index (κ1) is 18.5. The van der Waals surface area contributed by atoms with E-state index in [1.54, 1.807) is 4.90 Å². The first-order valence-corrected chi connectivity index (χ1v) is 8.75. The molecule has 0 saturated carbocycles. The number of aryl methyl sites for hydroxylation is 1. The molecule has 1 aliphatic heterocycles. The van der Waals surface area contributed by atoms with Crippen molar-refractivity contribution < 1.29 is 9.90 Å². The van der Waals surface area contributed by atoms with Crippen LogP contribution >= 0.6 is 0 Å². The molecule has 1 amide bonds. The van der Waals surface area contributed by atoms with Gasteiger partial charge in [-0.2, -0.15) is 0 Å². The summed E-state index contributed by atoms with van der Waals surface area (Å²) in [5.74, 6) is 0.0771. The third kappa shape index (κ3) is 4.85. The van der Waals surface area contributed by atoms with E-state index >= 15 is 0 Å². The standard InChI is InChI=1S/C18H30N4O2/c1-3-21(12-13-23)18(24)7-5-15-4-6-17(16(19)14-15)22-10-8-20(2)9-11-22/h4,6,14,23H,3,5,7-13,19H2,1-2H3. The number of aliphatic hydroxyl groups excluding tert-OH is 1. The molecule has 1 saturated heterocycles. The molecule has 0 radical (unpaired) electrons. The Morgan fingerprint density at radius 3 is 2.58 bits per heavy atom. The van der Waals surface area contributed by atoms with E-state index in [0.29, 0.717) is 25.9 Å². The van der Waals surface area contributed by atoms with E-state index in [1.165, 1.54) is 0 Å². The highest BCUT2D eigenvalue weighted by Gasteiger charge is 2.17. The predicted octanol–water partition coefficient (Wildman–Crippen LogP) is 0.794. The molecule has 3 N–H and O–H groups in total. The SMILES string of the molecule is CCN(CCO)C(=O)CCc1ccc(N2CCN(C)CC2)c(N)c1. The van der Waals surface area contributed by atoms with Crippen molar-refractivity contribution in [2.24, 2.45) is 0 Å². The molecule has 24 heavy (non-hydrogen) atoms. The van der Waals surface area contributed by atoms with Crippen molar-refractivity contribution in [3.8, 4) is 0 Å². The zero-order chi connectivity index (χ0) is 17.5. The molecule has 6 heteroatoms. The van der Waals surface area contributed by atoms with Gasteiger partial charge in [-0.3, -0.25) is 4.79 Å². The first-order chi connectivity index (χ1) is 11.5. The Kier molecular flexibility index (Phi) is 6.87. The summed E-state index contributed by atoms with van der Waals surface area (Å²) in [5, 5.41) is 8.99. The molecule has 1 aromatic carbocycles. The molecule has 1 fully saturated rings. The minimum atomic E-state index is 0.00620. The highest BCUT2D eigenvalue weighted by atomic mass is 16.3. The quantitative estimate of drug-likeness (QED) is 0.722. The summed E-state index contributed by atoms with van der Waals surface area (Å²) in [5.41, 5.74) is 9.20. The second kappa shape index (κ2) is 8.89. The normalized spacial score (nSPS) is 15.5. The lowest BCUT2D eigenvalue weighted by atomic mass is 10.1. The number of piperazine rings is 1. The highest BCUT2D eigenvalue weighted by molar-refractivity contribution is 5.76. The van der Waals surface area contributed by atoms with Crippen molar-refractivity contribution in [1.82, 2.24) is 9.80 Å². The molecule has 0 aliphatic carbocycles. The molecule has 1 heterocycles. The molecule has 0 spiro atoms. The zero-order valence-corrected chi connectivity index (χ0v) is 14.9. The molecule has 0 atom stereocenters. The zero-order valence-electron chi connectivity index (χ0n) is 14.9. The monoisotopic (exact) mass is 334 g/mol. The van der Waals surface area contributed by atoms with Crippen LogP contribution in [-0.4, -0.2) is 73.7 Å². The summed E-state index contributed by atoms with van der Waals surface area (Å²) in [7, 11) is 2.14. The number of amides is 1. The van der Waals surface area contributed by atoms with Crippen molar-refractivity contribution in [3.05, 3.63) is 23.8 Å². The summed E-state index contributed by atoms with van der Waals surface area (Å²) in [6.07, 6.45) is 1.12. The first-order valence-electron chi connectivity index (χ1n) is 8.75. The fourth-order valence-corrected chi connectivity index (χ4v) is 3.08. The van der Waals surface area contributed by atoms with Crippen LogP contribution < -0.4 is 10.6 Å². The maximum Gasteiger partial charge on any atom is 0.222 e. The van der Waals surface area contributed by atoms with Gasteiger partial charge in [0.1, 0.15) is 0 Å². The van der Waals surface area contributed by atoms with Gasteiger partial charge in [-0.15, -0.1) is 0 Å². The molecule has 1 aliphatic rings. The van der Waals surface area contributed by atoms with Gasteiger partial charge in [0.15, 0.2) is 0 Å². The minimum Gasteiger partial charge on any atom is -0.397 e. The third-order valence-corrected chi connectivity index (χ3v) is 4.67. The topological polar surface area (TPSA) is 73.0 Å². The van der Waals surface area contributed by atoms with E-state index in [0.717, 1.165) is 43.1 Å². The number of carbonyl (C=O) groups excluding carboxylic acids is 1. The van der Waals surface area contributed by atoms with E-state index in [4.69, 9.17) is 10.8 Å². The average molecular weight is 334 g/mol. The van der Waals surface area contributed by atoms with Gasteiger partial charge >= 0.3 is 0 Å². The molecule has 2 rings (SSSR count). The van der Waals surface area contributed by atoms with Crippen molar-refractivity contribution in [2.45, 2.75) is 19.8 Å². The van der Waals surface area contributed by atoms with Gasteiger partial charge in [-0.25, -0.2) is 0 Å². The number of rotatable bonds is 7. The highest BCUT2D eigenvalue weighted by Crippen LogP contribution is 2.26. The van der Waals surface area contributed by atoms with Gasteiger partial charge in [-0.05, 0) is 38.1 Å². The average Bonchev–Trinajstić information content (AvgIpc) is 2.58. The van der Waals surface area contributed by atoms with Crippen molar-refractivity contribution >= 4 is 17.3 Å². The smallest absolute Gasteiger partial charge is 0.222 e. The Labute approximate surface area is 144 Å². The largest absolute Gasteiger partial charge is 0.397 e. The minimum absolute atomic E-state index is 0.00620. The van der Waals surface area contributed by atoms with E-state index in [2.05, 4.69) is 29.0 Å². The number of nitrogens with zero attached hydrogens (tertiary/aromatic N) is 3. The van der Waals surface area contributed by atoms with Crippen LogP contribution in [0.5, 0.6) is 0 Å². The Hall–Kier alpha value is -1.79. The predicted molar refractivity (Wildman–Crippen MR) is 98.2 cm³/mol. The molecule has 6 nitrogen and oxygen atoms in total. The second-order valence-corrected chi connectivity index (χ2v) is 6.38. The number of likely N-dealkylation sites (N-methyl/N-ethyl adjacent to an activating group) is 2. The van der Waals surface area contributed by atoms with Gasteiger partial charge in [0.25, 0.3) is 0 Å². The molecule has 134 valence electrons. The van der Waals surface area contributed by atoms with E-state index < -0.39 is 0 Å². The van der Waals surface area contributed by atoms with Crippen molar-refractivity contribution in [3.63, 3.8) is 0 Å². The van der Waals surface area contributed by atoms with Crippen LogP contribution in [-0.2, 0) is 11.2 Å². The summed E-state index contributed by atoms with van der Waals surface area (Å²) >= 11 is 0. The van der Waals surface area contributed by atoms with Crippen LogP contribution in [0.3, 0.4) is 0 Å². The maximum atomic E-state index is 12.1. The van der Waals surface area contributed by atoms with Gasteiger partial charge in [0, 0.05) is 45.7 Å². The van der Waals surface area contributed by atoms with Crippen LogP contribution in [0.1, 0.15) is 18.9 Å². The van der Waals surface area contributed by atoms with Crippen LogP contribution in [0.2, 0.25) is 0 Å². The third-order valence-electron chi connectivity index (χ3n) is 4.67. The van der Waals surface area contributed by atoms with Gasteiger partial charge in [-0.1, -0.05) is 6.07 Å². The number of nitrogen functional groups attached to an aromatic ring is 1. The molecule has 0 aromatic heterocycles. The van der Waals surface area contributed by atoms with E-state index in [1.807, 2.05) is 13.0 Å². The maximum absolute atomic E-state index is 12.1. The van der Waals surface area contributed by atoms with Gasteiger partial charge < -0.3 is 25.5 Å². The molecular formula is C18H30N4O2. The Balaban J connectivity index is 1.93. The second-order valence-electron chi connectivity index (χ2n) is 6.38.